The molecule has 1 heterocycles. The average molecular weight is 228 g/mol. The smallest absolute Gasteiger partial charge is 0.0791 e. The number of β-amino-alcohol motifs (C(OH)–C–C–N with tert-alkyl or cyclic N) is 1. The highest BCUT2D eigenvalue weighted by Gasteiger charge is 2.15. The van der Waals surface area contributed by atoms with E-state index in [1.807, 2.05) is 0 Å². The van der Waals surface area contributed by atoms with Gasteiger partial charge in [0.05, 0.1) is 6.10 Å². The first kappa shape index (κ1) is 13.9. The van der Waals surface area contributed by atoms with Crippen LogP contribution in [-0.4, -0.2) is 48.8 Å². The standard InChI is InChI=1S/C13H28N2O/c1-3-6-12(2)9-14-10-13(16)11-15-7-4-5-8-15/h12-14,16H,3-11H2,1-2H3. The molecule has 0 radical (unpaired) electrons. The van der Waals surface area contributed by atoms with Gasteiger partial charge < -0.3 is 15.3 Å². The molecule has 2 N–H and O–H groups in total. The van der Waals surface area contributed by atoms with E-state index >= 15 is 0 Å². The molecule has 1 fully saturated rings. The quantitative estimate of drug-likeness (QED) is 0.660. The van der Waals surface area contributed by atoms with Gasteiger partial charge in [0.1, 0.15) is 0 Å². The SMILES string of the molecule is CCCC(C)CNCC(O)CN1CCCC1. The maximum absolute atomic E-state index is 9.85. The Hall–Kier alpha value is -0.120. The summed E-state index contributed by atoms with van der Waals surface area (Å²) in [4.78, 5) is 2.36. The van der Waals surface area contributed by atoms with Crippen LogP contribution in [0.4, 0.5) is 0 Å². The van der Waals surface area contributed by atoms with Crippen LogP contribution >= 0.6 is 0 Å². The second-order valence-corrected chi connectivity index (χ2v) is 5.21. The summed E-state index contributed by atoms with van der Waals surface area (Å²) in [6.45, 7) is 9.44. The summed E-state index contributed by atoms with van der Waals surface area (Å²) in [5.74, 6) is 0.726. The Labute approximate surface area is 100 Å². The molecule has 1 saturated heterocycles. The zero-order valence-electron chi connectivity index (χ0n) is 10.9. The number of aliphatic hydroxyl groups is 1. The minimum Gasteiger partial charge on any atom is -0.390 e. The summed E-state index contributed by atoms with van der Waals surface area (Å²) in [5, 5.41) is 13.2. The Bertz CT molecular complexity index is 169. The number of aliphatic hydroxyl groups excluding tert-OH is 1. The van der Waals surface area contributed by atoms with E-state index in [1.54, 1.807) is 0 Å². The van der Waals surface area contributed by atoms with Crippen LogP contribution in [0.25, 0.3) is 0 Å². The van der Waals surface area contributed by atoms with E-state index < -0.39 is 0 Å². The molecular weight excluding hydrogens is 200 g/mol. The molecule has 1 rings (SSSR count). The number of hydrogen-bond acceptors (Lipinski definition) is 3. The molecule has 0 aliphatic carbocycles. The summed E-state index contributed by atoms with van der Waals surface area (Å²) < 4.78 is 0. The van der Waals surface area contributed by atoms with Gasteiger partial charge in [-0.3, -0.25) is 0 Å². The van der Waals surface area contributed by atoms with Gasteiger partial charge in [-0.05, 0) is 44.8 Å². The molecule has 0 aromatic carbocycles. The summed E-state index contributed by atoms with van der Waals surface area (Å²) >= 11 is 0. The third-order valence-electron chi connectivity index (χ3n) is 3.32. The highest BCUT2D eigenvalue weighted by atomic mass is 16.3. The Kier molecular flexibility index (Phi) is 7.01. The molecule has 0 spiro atoms. The van der Waals surface area contributed by atoms with Crippen molar-refractivity contribution >= 4 is 0 Å². The molecule has 96 valence electrons. The van der Waals surface area contributed by atoms with Gasteiger partial charge in [-0.25, -0.2) is 0 Å². The van der Waals surface area contributed by atoms with Gasteiger partial charge in [0, 0.05) is 13.1 Å². The third kappa shape index (κ3) is 5.83. The van der Waals surface area contributed by atoms with E-state index in [9.17, 15) is 5.11 Å². The molecular formula is C13H28N2O. The van der Waals surface area contributed by atoms with E-state index in [0.29, 0.717) is 0 Å². The van der Waals surface area contributed by atoms with Crippen LogP contribution in [0.2, 0.25) is 0 Å². The summed E-state index contributed by atoms with van der Waals surface area (Å²) in [6, 6.07) is 0. The van der Waals surface area contributed by atoms with Crippen molar-refractivity contribution in [3.05, 3.63) is 0 Å². The molecule has 2 unspecified atom stereocenters. The highest BCUT2D eigenvalue weighted by molar-refractivity contribution is 4.71. The lowest BCUT2D eigenvalue weighted by molar-refractivity contribution is 0.122. The van der Waals surface area contributed by atoms with Crippen molar-refractivity contribution in [2.75, 3.05) is 32.7 Å². The number of rotatable bonds is 8. The molecule has 0 amide bonds. The molecule has 0 aromatic heterocycles. The molecule has 0 aromatic rings. The second kappa shape index (κ2) is 8.04. The van der Waals surface area contributed by atoms with Gasteiger partial charge >= 0.3 is 0 Å². The largest absolute Gasteiger partial charge is 0.390 e. The fourth-order valence-corrected chi connectivity index (χ4v) is 2.42. The lowest BCUT2D eigenvalue weighted by atomic mass is 10.1. The van der Waals surface area contributed by atoms with Crippen LogP contribution in [0.5, 0.6) is 0 Å². The van der Waals surface area contributed by atoms with Crippen LogP contribution in [0, 0.1) is 5.92 Å². The molecule has 2 atom stereocenters. The number of hydrogen-bond donors (Lipinski definition) is 2. The topological polar surface area (TPSA) is 35.5 Å². The molecule has 0 saturated carbocycles. The van der Waals surface area contributed by atoms with Crippen molar-refractivity contribution in [1.29, 1.82) is 0 Å². The van der Waals surface area contributed by atoms with Gasteiger partial charge in [-0.1, -0.05) is 20.3 Å². The van der Waals surface area contributed by atoms with E-state index in [4.69, 9.17) is 0 Å². The fraction of sp³-hybridized carbons (Fsp3) is 1.00. The van der Waals surface area contributed by atoms with Gasteiger partial charge in [0.15, 0.2) is 0 Å². The van der Waals surface area contributed by atoms with E-state index in [2.05, 4.69) is 24.1 Å². The lowest BCUT2D eigenvalue weighted by Crippen LogP contribution is -2.38. The maximum atomic E-state index is 9.85. The second-order valence-electron chi connectivity index (χ2n) is 5.21. The first-order valence-corrected chi connectivity index (χ1v) is 6.83. The monoisotopic (exact) mass is 228 g/mol. The number of nitrogens with zero attached hydrogens (tertiary/aromatic N) is 1. The first-order valence-electron chi connectivity index (χ1n) is 6.83. The summed E-state index contributed by atoms with van der Waals surface area (Å²) in [6.07, 6.45) is 4.92. The van der Waals surface area contributed by atoms with E-state index in [1.165, 1.54) is 38.8 Å². The number of likely N-dealkylation sites (tertiary alicyclic amines) is 1. The lowest BCUT2D eigenvalue weighted by Gasteiger charge is -2.20. The molecule has 3 nitrogen and oxygen atoms in total. The molecule has 3 heteroatoms. The van der Waals surface area contributed by atoms with Gasteiger partial charge in [-0.15, -0.1) is 0 Å². The first-order chi connectivity index (χ1) is 7.72. The molecule has 1 aliphatic rings. The van der Waals surface area contributed by atoms with Gasteiger partial charge in [0.25, 0.3) is 0 Å². The summed E-state index contributed by atoms with van der Waals surface area (Å²) in [5.41, 5.74) is 0. The van der Waals surface area contributed by atoms with Crippen molar-refractivity contribution in [1.82, 2.24) is 10.2 Å². The van der Waals surface area contributed by atoms with Crippen molar-refractivity contribution in [3.63, 3.8) is 0 Å². The predicted octanol–water partition coefficient (Wildman–Crippen LogP) is 1.47. The highest BCUT2D eigenvalue weighted by Crippen LogP contribution is 2.07. The summed E-state index contributed by atoms with van der Waals surface area (Å²) in [7, 11) is 0. The van der Waals surface area contributed by atoms with E-state index in [-0.39, 0.29) is 6.10 Å². The van der Waals surface area contributed by atoms with Gasteiger partial charge in [0.2, 0.25) is 0 Å². The minimum absolute atomic E-state index is 0.202. The Morgan fingerprint density at radius 3 is 2.56 bits per heavy atom. The van der Waals surface area contributed by atoms with Crippen LogP contribution in [-0.2, 0) is 0 Å². The van der Waals surface area contributed by atoms with Crippen LogP contribution in [0.15, 0.2) is 0 Å². The zero-order valence-corrected chi connectivity index (χ0v) is 10.9. The average Bonchev–Trinajstić information content (AvgIpc) is 2.70. The van der Waals surface area contributed by atoms with Gasteiger partial charge in [-0.2, -0.15) is 0 Å². The Balaban J connectivity index is 1.98. The molecule has 16 heavy (non-hydrogen) atoms. The molecule has 0 bridgehead atoms. The predicted molar refractivity (Wildman–Crippen MR) is 68.6 cm³/mol. The van der Waals surface area contributed by atoms with Crippen molar-refractivity contribution < 1.29 is 5.11 Å². The Morgan fingerprint density at radius 1 is 1.25 bits per heavy atom. The third-order valence-corrected chi connectivity index (χ3v) is 3.32. The molecule has 1 aliphatic heterocycles. The minimum atomic E-state index is -0.202. The normalized spacial score (nSPS) is 21.2. The number of nitrogens with one attached hydrogen (secondary N) is 1. The van der Waals surface area contributed by atoms with E-state index in [0.717, 1.165) is 25.6 Å². The Morgan fingerprint density at radius 2 is 1.94 bits per heavy atom. The van der Waals surface area contributed by atoms with Crippen molar-refractivity contribution in [2.24, 2.45) is 5.92 Å². The maximum Gasteiger partial charge on any atom is 0.0791 e. The van der Waals surface area contributed by atoms with Crippen LogP contribution in [0.1, 0.15) is 39.5 Å². The van der Waals surface area contributed by atoms with Crippen molar-refractivity contribution in [3.8, 4) is 0 Å². The van der Waals surface area contributed by atoms with Crippen LogP contribution < -0.4 is 5.32 Å². The van der Waals surface area contributed by atoms with Crippen LogP contribution in [0.3, 0.4) is 0 Å². The zero-order chi connectivity index (χ0) is 11.8. The fourth-order valence-electron chi connectivity index (χ4n) is 2.42. The van der Waals surface area contributed by atoms with Crippen molar-refractivity contribution in [2.45, 2.75) is 45.6 Å².